The highest BCUT2D eigenvalue weighted by atomic mass is 79.9. The van der Waals surface area contributed by atoms with Gasteiger partial charge >= 0.3 is 0 Å². The molecule has 0 fully saturated rings. The smallest absolute Gasteiger partial charge is 0.129 e. The first-order valence-corrected chi connectivity index (χ1v) is 7.77. The van der Waals surface area contributed by atoms with Gasteiger partial charge in [-0.05, 0) is 22.0 Å². The van der Waals surface area contributed by atoms with Crippen molar-refractivity contribution in [3.8, 4) is 0 Å². The highest BCUT2D eigenvalue weighted by Crippen LogP contribution is 2.32. The summed E-state index contributed by atoms with van der Waals surface area (Å²) in [5.41, 5.74) is 1.92. The van der Waals surface area contributed by atoms with E-state index in [1.807, 2.05) is 28.9 Å². The number of methoxy groups -OCH3 is 2. The number of aromatic nitrogens is 3. The van der Waals surface area contributed by atoms with Gasteiger partial charge in [0.15, 0.2) is 0 Å². The van der Waals surface area contributed by atoms with Crippen LogP contribution in [0.25, 0.3) is 4.83 Å². The number of imidazole rings is 1. The topological polar surface area (TPSA) is 48.7 Å². The summed E-state index contributed by atoms with van der Waals surface area (Å²) < 4.78 is 12.9. The maximum atomic E-state index is 5.57. The predicted molar refractivity (Wildman–Crippen MR) is 86.8 cm³/mol. The Bertz CT molecular complexity index is 684. The van der Waals surface area contributed by atoms with Crippen LogP contribution in [0.2, 0.25) is 0 Å². The molecule has 3 aromatic rings. The molecule has 0 amide bonds. The standard InChI is InChI=1S/C12H10BrN3OS.C2H6O/c1-17-11(8-3-2-4-14-5-8)10-12-16(7-15-10)6-9(13)18-12;1-3-2/h2-7,11H,1H3;1-2H3. The third kappa shape index (κ3) is 3.68. The van der Waals surface area contributed by atoms with Crippen LogP contribution in [0.4, 0.5) is 0 Å². The molecule has 0 saturated carbocycles. The number of halogens is 1. The van der Waals surface area contributed by atoms with Crippen LogP contribution in [0.3, 0.4) is 0 Å². The molecule has 1 atom stereocenters. The zero-order valence-electron chi connectivity index (χ0n) is 12.0. The Labute approximate surface area is 135 Å². The molecular weight excluding hydrogens is 354 g/mol. The Hall–Kier alpha value is -1.28. The molecule has 0 bridgehead atoms. The summed E-state index contributed by atoms with van der Waals surface area (Å²) in [5.74, 6) is 0. The zero-order chi connectivity index (χ0) is 15.2. The van der Waals surface area contributed by atoms with Crippen LogP contribution in [0, 0.1) is 0 Å². The first kappa shape index (κ1) is 16.1. The second kappa shape index (κ2) is 7.65. The van der Waals surface area contributed by atoms with E-state index >= 15 is 0 Å². The summed E-state index contributed by atoms with van der Waals surface area (Å²) in [7, 11) is 4.94. The van der Waals surface area contributed by atoms with Gasteiger partial charge < -0.3 is 9.47 Å². The van der Waals surface area contributed by atoms with Gasteiger partial charge in [-0.25, -0.2) is 4.98 Å². The molecule has 0 spiro atoms. The van der Waals surface area contributed by atoms with Crippen LogP contribution < -0.4 is 0 Å². The van der Waals surface area contributed by atoms with Crippen molar-refractivity contribution in [3.63, 3.8) is 0 Å². The van der Waals surface area contributed by atoms with Gasteiger partial charge in [0, 0.05) is 45.5 Å². The van der Waals surface area contributed by atoms with Crippen molar-refractivity contribution in [2.24, 2.45) is 0 Å². The van der Waals surface area contributed by atoms with E-state index in [9.17, 15) is 0 Å². The number of rotatable bonds is 3. The molecule has 3 rings (SSSR count). The monoisotopic (exact) mass is 369 g/mol. The third-order valence-corrected chi connectivity index (χ3v) is 4.28. The second-order valence-corrected chi connectivity index (χ2v) is 6.60. The molecule has 3 aromatic heterocycles. The highest BCUT2D eigenvalue weighted by Gasteiger charge is 2.20. The van der Waals surface area contributed by atoms with Crippen molar-refractivity contribution in [1.82, 2.24) is 14.4 Å². The molecule has 112 valence electrons. The van der Waals surface area contributed by atoms with Crippen LogP contribution in [0.1, 0.15) is 17.4 Å². The second-order valence-electron chi connectivity index (χ2n) is 4.19. The molecule has 0 N–H and O–H groups in total. The normalized spacial score (nSPS) is 12.0. The molecule has 5 nitrogen and oxygen atoms in total. The van der Waals surface area contributed by atoms with Crippen LogP contribution in [-0.4, -0.2) is 35.7 Å². The van der Waals surface area contributed by atoms with Gasteiger partial charge in [0.25, 0.3) is 0 Å². The summed E-state index contributed by atoms with van der Waals surface area (Å²) >= 11 is 5.12. The summed E-state index contributed by atoms with van der Waals surface area (Å²) in [5, 5.41) is 0. The third-order valence-electron chi connectivity index (χ3n) is 2.68. The number of pyridine rings is 1. The van der Waals surface area contributed by atoms with Crippen LogP contribution in [0.15, 0.2) is 40.8 Å². The number of ether oxygens (including phenoxy) is 2. The van der Waals surface area contributed by atoms with Crippen molar-refractivity contribution >= 4 is 32.1 Å². The van der Waals surface area contributed by atoms with Gasteiger partial charge in [-0.1, -0.05) is 6.07 Å². The number of hydrogen-bond donors (Lipinski definition) is 0. The minimum atomic E-state index is -0.186. The van der Waals surface area contributed by atoms with Crippen molar-refractivity contribution in [2.75, 3.05) is 21.3 Å². The minimum Gasteiger partial charge on any atom is -0.388 e. The molecular formula is C14H16BrN3O2S. The zero-order valence-corrected chi connectivity index (χ0v) is 14.4. The molecule has 0 aliphatic rings. The fourth-order valence-electron chi connectivity index (χ4n) is 1.91. The van der Waals surface area contributed by atoms with Gasteiger partial charge in [-0.3, -0.25) is 9.38 Å². The average Bonchev–Trinajstić information content (AvgIpc) is 3.02. The Morgan fingerprint density at radius 3 is 2.71 bits per heavy atom. The first-order chi connectivity index (χ1) is 10.2. The summed E-state index contributed by atoms with van der Waals surface area (Å²) in [6.07, 6.45) is 7.16. The van der Waals surface area contributed by atoms with Crippen molar-refractivity contribution in [2.45, 2.75) is 6.10 Å². The maximum Gasteiger partial charge on any atom is 0.129 e. The lowest BCUT2D eigenvalue weighted by molar-refractivity contribution is 0.134. The molecule has 0 radical (unpaired) electrons. The van der Waals surface area contributed by atoms with Crippen molar-refractivity contribution in [1.29, 1.82) is 0 Å². The quantitative estimate of drug-likeness (QED) is 0.708. The SMILES string of the molecule is COC.COC(c1cccnc1)c1ncn2cc(Br)sc12. The van der Waals surface area contributed by atoms with E-state index in [0.717, 1.165) is 19.9 Å². The molecule has 7 heteroatoms. The van der Waals surface area contributed by atoms with Gasteiger partial charge in [-0.2, -0.15) is 0 Å². The molecule has 0 aliphatic carbocycles. The molecule has 0 saturated heterocycles. The van der Waals surface area contributed by atoms with Crippen LogP contribution in [-0.2, 0) is 9.47 Å². The van der Waals surface area contributed by atoms with Crippen molar-refractivity contribution in [3.05, 3.63) is 52.1 Å². The largest absolute Gasteiger partial charge is 0.388 e. The van der Waals surface area contributed by atoms with E-state index in [-0.39, 0.29) is 6.10 Å². The fourth-order valence-corrected chi connectivity index (χ4v) is 3.41. The Morgan fingerprint density at radius 1 is 1.33 bits per heavy atom. The molecule has 1 unspecified atom stereocenters. The Morgan fingerprint density at radius 2 is 2.10 bits per heavy atom. The van der Waals surface area contributed by atoms with E-state index in [1.165, 1.54) is 0 Å². The lowest BCUT2D eigenvalue weighted by atomic mass is 10.1. The Kier molecular flexibility index (Phi) is 5.86. The number of nitrogens with zero attached hydrogens (tertiary/aromatic N) is 3. The van der Waals surface area contributed by atoms with Gasteiger partial charge in [-0.15, -0.1) is 11.3 Å². The summed E-state index contributed by atoms with van der Waals surface area (Å²) in [6, 6.07) is 3.90. The van der Waals surface area contributed by atoms with Crippen LogP contribution >= 0.6 is 27.3 Å². The van der Waals surface area contributed by atoms with E-state index in [2.05, 4.69) is 30.6 Å². The lowest BCUT2D eigenvalue weighted by Gasteiger charge is -2.12. The summed E-state index contributed by atoms with van der Waals surface area (Å²) in [6.45, 7) is 0. The predicted octanol–water partition coefficient (Wildman–Crippen LogP) is 3.55. The van der Waals surface area contributed by atoms with E-state index in [4.69, 9.17) is 4.74 Å². The van der Waals surface area contributed by atoms with E-state index in [0.29, 0.717) is 0 Å². The molecule has 3 heterocycles. The van der Waals surface area contributed by atoms with Gasteiger partial charge in [0.2, 0.25) is 0 Å². The van der Waals surface area contributed by atoms with Gasteiger partial charge in [0.05, 0.1) is 3.79 Å². The number of thiazole rings is 1. The first-order valence-electron chi connectivity index (χ1n) is 6.16. The number of fused-ring (bicyclic) bond motifs is 1. The molecule has 21 heavy (non-hydrogen) atoms. The number of hydrogen-bond acceptors (Lipinski definition) is 5. The van der Waals surface area contributed by atoms with Crippen molar-refractivity contribution < 1.29 is 9.47 Å². The Balaban J connectivity index is 0.000000497. The van der Waals surface area contributed by atoms with E-state index < -0.39 is 0 Å². The lowest BCUT2D eigenvalue weighted by Crippen LogP contribution is -2.04. The molecule has 0 aliphatic heterocycles. The van der Waals surface area contributed by atoms with Crippen LogP contribution in [0.5, 0.6) is 0 Å². The average molecular weight is 370 g/mol. The fraction of sp³-hybridized carbons (Fsp3) is 0.286. The highest BCUT2D eigenvalue weighted by molar-refractivity contribution is 9.11. The summed E-state index contributed by atoms with van der Waals surface area (Å²) in [4.78, 5) is 9.65. The van der Waals surface area contributed by atoms with Gasteiger partial charge in [0.1, 0.15) is 23.0 Å². The maximum absolute atomic E-state index is 5.57. The van der Waals surface area contributed by atoms with E-state index in [1.54, 1.807) is 45.2 Å². The minimum absolute atomic E-state index is 0.186. The molecule has 0 aromatic carbocycles.